The Balaban J connectivity index is 1.64. The third-order valence-corrected chi connectivity index (χ3v) is 7.14. The van der Waals surface area contributed by atoms with Crippen LogP contribution in [-0.2, 0) is 4.74 Å². The molecule has 1 amide bonds. The average Bonchev–Trinajstić information content (AvgIpc) is 3.20. The predicted octanol–water partition coefficient (Wildman–Crippen LogP) is 4.70. The van der Waals surface area contributed by atoms with Gasteiger partial charge in [0.2, 0.25) is 0 Å². The van der Waals surface area contributed by atoms with Crippen molar-refractivity contribution in [2.75, 3.05) is 50.0 Å². The fourth-order valence-corrected chi connectivity index (χ4v) is 5.37. The molecule has 30 heavy (non-hydrogen) atoms. The van der Waals surface area contributed by atoms with Crippen LogP contribution in [0.5, 0.6) is 0 Å². The minimum absolute atomic E-state index is 0.0125. The molecule has 0 unspecified atom stereocenters. The van der Waals surface area contributed by atoms with Gasteiger partial charge in [0.15, 0.2) is 5.13 Å². The Morgan fingerprint density at radius 3 is 2.80 bits per heavy atom. The molecule has 0 bridgehead atoms. The van der Waals surface area contributed by atoms with Crippen LogP contribution < -0.4 is 4.90 Å². The van der Waals surface area contributed by atoms with Crippen LogP contribution >= 0.6 is 23.1 Å². The van der Waals surface area contributed by atoms with Gasteiger partial charge < -0.3 is 4.74 Å². The number of carbonyl (C=O) groups excluding carboxylic acids is 1. The second-order valence-electron chi connectivity index (χ2n) is 7.29. The number of amides is 1. The van der Waals surface area contributed by atoms with E-state index in [9.17, 15) is 4.79 Å². The number of fused-ring (bicyclic) bond motifs is 1. The zero-order valence-corrected chi connectivity index (χ0v) is 19.1. The molecule has 1 fully saturated rings. The first kappa shape index (κ1) is 21.3. The van der Waals surface area contributed by atoms with Gasteiger partial charge in [-0.1, -0.05) is 36.5 Å². The molecule has 4 rings (SSSR count). The van der Waals surface area contributed by atoms with Crippen LogP contribution in [0.2, 0.25) is 0 Å². The van der Waals surface area contributed by atoms with Gasteiger partial charge in [-0.25, -0.2) is 4.98 Å². The normalized spacial score (nSPS) is 14.9. The van der Waals surface area contributed by atoms with Gasteiger partial charge in [0.25, 0.3) is 5.91 Å². The third-order valence-electron chi connectivity index (χ3n) is 5.22. The highest BCUT2D eigenvalue weighted by Gasteiger charge is 2.23. The van der Waals surface area contributed by atoms with E-state index in [0.717, 1.165) is 64.4 Å². The maximum atomic E-state index is 13.6. The summed E-state index contributed by atoms with van der Waals surface area (Å²) in [5.41, 5.74) is 2.83. The number of aryl methyl sites for hydroxylation is 1. The van der Waals surface area contributed by atoms with Gasteiger partial charge >= 0.3 is 0 Å². The smallest absolute Gasteiger partial charge is 0.260 e. The molecule has 0 atom stereocenters. The first-order chi connectivity index (χ1) is 14.7. The predicted molar refractivity (Wildman–Crippen MR) is 126 cm³/mol. The number of carbonyl (C=O) groups is 1. The van der Waals surface area contributed by atoms with Gasteiger partial charge in [0, 0.05) is 36.6 Å². The van der Waals surface area contributed by atoms with Crippen LogP contribution in [0.15, 0.2) is 47.4 Å². The van der Waals surface area contributed by atoms with Crippen molar-refractivity contribution in [3.05, 3.63) is 53.6 Å². The molecule has 158 valence electrons. The van der Waals surface area contributed by atoms with E-state index in [-0.39, 0.29) is 5.91 Å². The number of ether oxygens (including phenoxy) is 1. The summed E-state index contributed by atoms with van der Waals surface area (Å²) in [4.78, 5) is 23.8. The monoisotopic (exact) mass is 441 g/mol. The molecule has 3 aromatic rings. The molecular formula is C23H27N3O2S2. The Labute approximate surface area is 186 Å². The largest absolute Gasteiger partial charge is 0.379 e. The lowest BCUT2D eigenvalue weighted by atomic mass is 10.2. The van der Waals surface area contributed by atoms with Crippen molar-refractivity contribution < 1.29 is 9.53 Å². The van der Waals surface area contributed by atoms with Crippen molar-refractivity contribution >= 4 is 44.4 Å². The zero-order chi connectivity index (χ0) is 20.9. The highest BCUT2D eigenvalue weighted by Crippen LogP contribution is 2.31. The fourth-order valence-electron chi connectivity index (χ4n) is 3.58. The van der Waals surface area contributed by atoms with Crippen molar-refractivity contribution in [1.29, 1.82) is 0 Å². The number of thiazole rings is 1. The molecule has 1 aromatic heterocycles. The van der Waals surface area contributed by atoms with Gasteiger partial charge in [0.1, 0.15) is 0 Å². The summed E-state index contributed by atoms with van der Waals surface area (Å²) in [6.07, 6.45) is 0. The lowest BCUT2D eigenvalue weighted by molar-refractivity contribution is 0.0391. The molecule has 2 aromatic carbocycles. The van der Waals surface area contributed by atoms with Crippen LogP contribution in [-0.4, -0.2) is 60.9 Å². The van der Waals surface area contributed by atoms with Crippen molar-refractivity contribution in [2.24, 2.45) is 0 Å². The first-order valence-corrected chi connectivity index (χ1v) is 12.2. The lowest BCUT2D eigenvalue weighted by Crippen LogP contribution is -2.43. The number of aromatic nitrogens is 1. The second-order valence-corrected chi connectivity index (χ2v) is 9.64. The third kappa shape index (κ3) is 4.86. The number of anilines is 1. The van der Waals surface area contributed by atoms with Crippen molar-refractivity contribution in [1.82, 2.24) is 9.88 Å². The molecule has 5 nitrogen and oxygen atoms in total. The highest BCUT2D eigenvalue weighted by atomic mass is 32.2. The Morgan fingerprint density at radius 2 is 2.03 bits per heavy atom. The van der Waals surface area contributed by atoms with E-state index in [1.54, 1.807) is 23.1 Å². The summed E-state index contributed by atoms with van der Waals surface area (Å²) in [6, 6.07) is 14.1. The lowest BCUT2D eigenvalue weighted by Gasteiger charge is -2.29. The summed E-state index contributed by atoms with van der Waals surface area (Å²) < 4.78 is 6.58. The number of morpholine rings is 1. The number of hydrogen-bond acceptors (Lipinski definition) is 6. The van der Waals surface area contributed by atoms with Crippen molar-refractivity contribution in [2.45, 2.75) is 18.7 Å². The summed E-state index contributed by atoms with van der Waals surface area (Å²) >= 11 is 3.34. The van der Waals surface area contributed by atoms with E-state index in [1.165, 1.54) is 0 Å². The van der Waals surface area contributed by atoms with Gasteiger partial charge in [-0.3, -0.25) is 14.6 Å². The Hall–Kier alpha value is -1.93. The number of nitrogens with zero attached hydrogens (tertiary/aromatic N) is 3. The summed E-state index contributed by atoms with van der Waals surface area (Å²) in [7, 11) is 0. The van der Waals surface area contributed by atoms with E-state index in [4.69, 9.17) is 9.72 Å². The second kappa shape index (κ2) is 9.92. The van der Waals surface area contributed by atoms with Crippen LogP contribution in [0.25, 0.3) is 10.2 Å². The standard InChI is InChI=1S/C23H27N3O2S2/c1-3-29-19-8-5-7-18(16-19)22(27)26(11-10-25-12-14-28-15-13-25)23-24-21-17(2)6-4-9-20(21)30-23/h4-9,16H,3,10-15H2,1-2H3. The van der Waals surface area contributed by atoms with Gasteiger partial charge in [-0.15, -0.1) is 11.8 Å². The Kier molecular flexibility index (Phi) is 7.04. The molecule has 0 radical (unpaired) electrons. The average molecular weight is 442 g/mol. The topological polar surface area (TPSA) is 45.7 Å². The molecule has 1 aliphatic rings. The number of thioether (sulfide) groups is 1. The zero-order valence-electron chi connectivity index (χ0n) is 17.5. The number of hydrogen-bond donors (Lipinski definition) is 0. The van der Waals surface area contributed by atoms with E-state index >= 15 is 0 Å². The molecule has 0 aliphatic carbocycles. The quantitative estimate of drug-likeness (QED) is 0.498. The van der Waals surface area contributed by atoms with Crippen molar-refractivity contribution in [3.8, 4) is 0 Å². The van der Waals surface area contributed by atoms with Crippen LogP contribution in [0.4, 0.5) is 5.13 Å². The van der Waals surface area contributed by atoms with E-state index in [0.29, 0.717) is 12.1 Å². The SMILES string of the molecule is CCSc1cccc(C(=O)N(CCN2CCOCC2)c2nc3c(C)cccc3s2)c1. The van der Waals surface area contributed by atoms with E-state index in [1.807, 2.05) is 29.2 Å². The Morgan fingerprint density at radius 1 is 1.23 bits per heavy atom. The number of para-hydroxylation sites is 1. The fraction of sp³-hybridized carbons (Fsp3) is 0.391. The molecule has 1 saturated heterocycles. The minimum Gasteiger partial charge on any atom is -0.379 e. The Bertz CT molecular complexity index is 1010. The van der Waals surface area contributed by atoms with E-state index in [2.05, 4.69) is 36.9 Å². The van der Waals surface area contributed by atoms with Crippen LogP contribution in [0, 0.1) is 6.92 Å². The van der Waals surface area contributed by atoms with Crippen molar-refractivity contribution in [3.63, 3.8) is 0 Å². The number of benzene rings is 2. The molecule has 0 N–H and O–H groups in total. The van der Waals surface area contributed by atoms with Crippen LogP contribution in [0.3, 0.4) is 0 Å². The molecule has 2 heterocycles. The molecular weight excluding hydrogens is 414 g/mol. The summed E-state index contributed by atoms with van der Waals surface area (Å²) in [6.45, 7) is 8.94. The molecule has 7 heteroatoms. The van der Waals surface area contributed by atoms with Gasteiger partial charge in [0.05, 0.1) is 23.4 Å². The number of rotatable bonds is 7. The van der Waals surface area contributed by atoms with Gasteiger partial charge in [-0.2, -0.15) is 0 Å². The minimum atomic E-state index is 0.0125. The maximum Gasteiger partial charge on any atom is 0.260 e. The summed E-state index contributed by atoms with van der Waals surface area (Å²) in [5, 5.41) is 0.770. The van der Waals surface area contributed by atoms with E-state index < -0.39 is 0 Å². The molecule has 1 aliphatic heterocycles. The summed E-state index contributed by atoms with van der Waals surface area (Å²) in [5.74, 6) is 0.994. The molecule has 0 spiro atoms. The van der Waals surface area contributed by atoms with Gasteiger partial charge in [-0.05, 0) is 42.5 Å². The highest BCUT2D eigenvalue weighted by molar-refractivity contribution is 7.99. The van der Waals surface area contributed by atoms with Crippen LogP contribution in [0.1, 0.15) is 22.8 Å². The first-order valence-electron chi connectivity index (χ1n) is 10.4. The molecule has 0 saturated carbocycles. The maximum absolute atomic E-state index is 13.6.